The van der Waals surface area contributed by atoms with Gasteiger partial charge in [-0.25, -0.2) is 8.42 Å². The van der Waals surface area contributed by atoms with E-state index in [4.69, 9.17) is 4.74 Å². The monoisotopic (exact) mass is 247 g/mol. The van der Waals surface area contributed by atoms with Crippen LogP contribution in [0.15, 0.2) is 0 Å². The van der Waals surface area contributed by atoms with Gasteiger partial charge in [-0.3, -0.25) is 4.90 Å². The maximum Gasteiger partial charge on any atom is 1.00 e. The molecule has 0 bridgehead atoms. The Morgan fingerprint density at radius 1 is 1.40 bits per heavy atom. The standard InChI is InChI=1S/C7H15NO5S.Na/c9-7(6-14(10,11)12)5-8-1-3-13-4-2-8;/h7,9H,1-6H2,(H,10,11,12);/q;+1/p-1/t7-;/m1./s1. The van der Waals surface area contributed by atoms with E-state index in [9.17, 15) is 18.1 Å². The maximum atomic E-state index is 10.3. The molecule has 0 aliphatic carbocycles. The van der Waals surface area contributed by atoms with Gasteiger partial charge in [0.15, 0.2) is 0 Å². The fourth-order valence-corrected chi connectivity index (χ4v) is 1.95. The molecule has 1 N–H and O–H groups in total. The Kier molecular flexibility index (Phi) is 7.56. The molecule has 1 aliphatic heterocycles. The summed E-state index contributed by atoms with van der Waals surface area (Å²) in [6, 6.07) is 0. The summed E-state index contributed by atoms with van der Waals surface area (Å²) in [7, 11) is -4.33. The average Bonchev–Trinajstić information content (AvgIpc) is 2.02. The quantitative estimate of drug-likeness (QED) is 0.396. The van der Waals surface area contributed by atoms with Crippen molar-refractivity contribution >= 4 is 10.1 Å². The molecule has 0 unspecified atom stereocenters. The number of morpholine rings is 1. The van der Waals surface area contributed by atoms with E-state index in [-0.39, 0.29) is 36.1 Å². The summed E-state index contributed by atoms with van der Waals surface area (Å²) in [4.78, 5) is 1.87. The molecule has 1 atom stereocenters. The van der Waals surface area contributed by atoms with Crippen LogP contribution in [0.5, 0.6) is 0 Å². The van der Waals surface area contributed by atoms with Gasteiger partial charge in [0.05, 0.1) is 35.2 Å². The number of aliphatic hydroxyl groups excluding tert-OH is 1. The molecule has 1 fully saturated rings. The van der Waals surface area contributed by atoms with Crippen LogP contribution in [-0.2, 0) is 14.9 Å². The predicted molar refractivity (Wildman–Crippen MR) is 47.8 cm³/mol. The van der Waals surface area contributed by atoms with Crippen molar-refractivity contribution in [1.82, 2.24) is 4.90 Å². The van der Waals surface area contributed by atoms with Crippen molar-refractivity contribution in [3.05, 3.63) is 0 Å². The minimum atomic E-state index is -4.33. The van der Waals surface area contributed by atoms with Gasteiger partial charge in [0.25, 0.3) is 0 Å². The van der Waals surface area contributed by atoms with E-state index < -0.39 is 22.0 Å². The third-order valence-electron chi connectivity index (χ3n) is 1.97. The van der Waals surface area contributed by atoms with Gasteiger partial charge >= 0.3 is 29.6 Å². The molecule has 0 aromatic heterocycles. The summed E-state index contributed by atoms with van der Waals surface area (Å²) in [6.45, 7) is 2.70. The molecule has 0 aromatic rings. The van der Waals surface area contributed by atoms with Crippen LogP contribution in [0.2, 0.25) is 0 Å². The van der Waals surface area contributed by atoms with Gasteiger partial charge in [-0.2, -0.15) is 0 Å². The van der Waals surface area contributed by atoms with Crippen molar-refractivity contribution in [3.8, 4) is 0 Å². The summed E-state index contributed by atoms with van der Waals surface area (Å²) in [5, 5.41) is 9.28. The molecule has 1 aliphatic rings. The number of nitrogens with zero attached hydrogens (tertiary/aromatic N) is 1. The molecule has 6 nitrogen and oxygen atoms in total. The van der Waals surface area contributed by atoms with Crippen molar-refractivity contribution < 1.29 is 52.4 Å². The topological polar surface area (TPSA) is 89.9 Å². The van der Waals surface area contributed by atoms with E-state index in [1.165, 1.54) is 0 Å². The second-order valence-corrected chi connectivity index (χ2v) is 4.74. The van der Waals surface area contributed by atoms with Crippen LogP contribution in [0.25, 0.3) is 0 Å². The third-order valence-corrected chi connectivity index (χ3v) is 2.76. The molecule has 0 radical (unpaired) electrons. The Hall–Kier alpha value is 0.790. The third kappa shape index (κ3) is 7.64. The number of hydrogen-bond acceptors (Lipinski definition) is 6. The van der Waals surface area contributed by atoms with Crippen molar-refractivity contribution in [2.75, 3.05) is 38.6 Å². The molecule has 1 saturated heterocycles. The summed E-state index contributed by atoms with van der Waals surface area (Å²) in [5.74, 6) is -0.718. The molecule has 1 rings (SSSR count). The first-order chi connectivity index (χ1) is 6.47. The van der Waals surface area contributed by atoms with E-state index in [0.717, 1.165) is 0 Å². The maximum absolute atomic E-state index is 10.3. The van der Waals surface area contributed by atoms with Crippen LogP contribution >= 0.6 is 0 Å². The molecular weight excluding hydrogens is 233 g/mol. The summed E-state index contributed by atoms with van der Waals surface area (Å²) < 4.78 is 36.1. The number of rotatable bonds is 4. The molecule has 84 valence electrons. The summed E-state index contributed by atoms with van der Waals surface area (Å²) in [6.07, 6.45) is -1.10. The normalized spacial score (nSPS) is 20.7. The molecule has 0 spiro atoms. The van der Waals surface area contributed by atoms with E-state index in [1.807, 2.05) is 4.90 Å². The Balaban J connectivity index is 0.00000196. The van der Waals surface area contributed by atoms with Gasteiger partial charge in [0, 0.05) is 19.6 Å². The first-order valence-corrected chi connectivity index (χ1v) is 5.97. The predicted octanol–water partition coefficient (Wildman–Crippen LogP) is -4.77. The zero-order chi connectivity index (χ0) is 10.6. The Morgan fingerprint density at radius 3 is 2.40 bits per heavy atom. The zero-order valence-corrected chi connectivity index (χ0v) is 11.6. The minimum absolute atomic E-state index is 0. The van der Waals surface area contributed by atoms with Crippen molar-refractivity contribution in [3.63, 3.8) is 0 Å². The fourth-order valence-electron chi connectivity index (χ4n) is 1.37. The van der Waals surface area contributed by atoms with Crippen molar-refractivity contribution in [1.29, 1.82) is 0 Å². The number of hydrogen-bond donors (Lipinski definition) is 1. The SMILES string of the molecule is O=S(=O)([O-])C[C@H](O)CN1CCOCC1.[Na+]. The fraction of sp³-hybridized carbons (Fsp3) is 1.00. The first-order valence-electron chi connectivity index (χ1n) is 4.39. The van der Waals surface area contributed by atoms with Gasteiger partial charge < -0.3 is 14.4 Å². The average molecular weight is 247 g/mol. The van der Waals surface area contributed by atoms with Crippen molar-refractivity contribution in [2.24, 2.45) is 0 Å². The van der Waals surface area contributed by atoms with E-state index in [1.54, 1.807) is 0 Å². The van der Waals surface area contributed by atoms with E-state index >= 15 is 0 Å². The smallest absolute Gasteiger partial charge is 0.748 e. The largest absolute Gasteiger partial charge is 1.00 e. The van der Waals surface area contributed by atoms with Gasteiger partial charge in [-0.1, -0.05) is 0 Å². The van der Waals surface area contributed by atoms with Crippen LogP contribution in [0, 0.1) is 0 Å². The molecule has 1 heterocycles. The molecule has 15 heavy (non-hydrogen) atoms. The van der Waals surface area contributed by atoms with Gasteiger partial charge in [0.1, 0.15) is 0 Å². The molecule has 0 aromatic carbocycles. The molecule has 0 saturated carbocycles. The van der Waals surface area contributed by atoms with Crippen LogP contribution in [-0.4, -0.2) is 67.7 Å². The minimum Gasteiger partial charge on any atom is -0.748 e. The van der Waals surface area contributed by atoms with Crippen LogP contribution < -0.4 is 29.6 Å². The van der Waals surface area contributed by atoms with Gasteiger partial charge in [-0.05, 0) is 0 Å². The molecule has 0 amide bonds. The summed E-state index contributed by atoms with van der Waals surface area (Å²) >= 11 is 0. The molecule has 8 heteroatoms. The summed E-state index contributed by atoms with van der Waals surface area (Å²) in [5.41, 5.74) is 0. The number of β-amino-alcohol motifs (C(OH)–C–C–N with tert-alkyl or cyclic N) is 1. The molecular formula is C7H14NNaO5S. The van der Waals surface area contributed by atoms with E-state index in [2.05, 4.69) is 0 Å². The zero-order valence-electron chi connectivity index (χ0n) is 8.76. The number of aliphatic hydroxyl groups is 1. The van der Waals surface area contributed by atoms with Gasteiger partial charge in [0.2, 0.25) is 0 Å². The van der Waals surface area contributed by atoms with Crippen molar-refractivity contribution in [2.45, 2.75) is 6.10 Å². The Bertz CT molecular complexity index is 265. The Labute approximate surface area is 112 Å². The van der Waals surface area contributed by atoms with Crippen LogP contribution in [0.1, 0.15) is 0 Å². The first kappa shape index (κ1) is 15.8. The van der Waals surface area contributed by atoms with Gasteiger partial charge in [-0.15, -0.1) is 0 Å². The van der Waals surface area contributed by atoms with E-state index in [0.29, 0.717) is 26.3 Å². The Morgan fingerprint density at radius 2 is 1.93 bits per heavy atom. The van der Waals surface area contributed by atoms with Crippen LogP contribution in [0.4, 0.5) is 0 Å². The second kappa shape index (κ2) is 7.18. The van der Waals surface area contributed by atoms with Crippen LogP contribution in [0.3, 0.4) is 0 Å². The second-order valence-electron chi connectivity index (χ2n) is 3.29. The number of ether oxygens (including phenoxy) is 1.